The molecule has 0 aromatic rings. The van der Waals surface area contributed by atoms with Gasteiger partial charge in [0.2, 0.25) is 0 Å². The van der Waals surface area contributed by atoms with E-state index in [2.05, 4.69) is 58.6 Å². The largest absolute Gasteiger partial charge is 0.314 e. The average Bonchev–Trinajstić information content (AvgIpc) is 1.95. The summed E-state index contributed by atoms with van der Waals surface area (Å²) < 4.78 is 0.409. The zero-order valence-electron chi connectivity index (χ0n) is 9.98. The number of hydrogen-bond donors (Lipinski definition) is 1. The van der Waals surface area contributed by atoms with Crippen LogP contribution in [0, 0.1) is 5.92 Å². The molecule has 1 N–H and O–H groups in total. The van der Waals surface area contributed by atoms with Crippen molar-refractivity contribution in [2.45, 2.75) is 52.3 Å². The third-order valence-corrected chi connectivity index (χ3v) is 3.28. The third kappa shape index (κ3) is 10.2. The number of rotatable bonds is 5. The van der Waals surface area contributed by atoms with E-state index in [-0.39, 0.29) is 0 Å². The van der Waals surface area contributed by atoms with Gasteiger partial charge in [-0.1, -0.05) is 41.5 Å². The van der Waals surface area contributed by atoms with E-state index in [9.17, 15) is 0 Å². The van der Waals surface area contributed by atoms with Gasteiger partial charge in [0, 0.05) is 10.8 Å². The van der Waals surface area contributed by atoms with Gasteiger partial charge in [0.25, 0.3) is 0 Å². The molecule has 0 aliphatic rings. The van der Waals surface area contributed by atoms with Gasteiger partial charge in [-0.25, -0.2) is 0 Å². The van der Waals surface area contributed by atoms with Crippen LogP contribution >= 0.6 is 11.8 Å². The second kappa shape index (κ2) is 5.92. The van der Waals surface area contributed by atoms with Crippen LogP contribution in [0.15, 0.2) is 0 Å². The van der Waals surface area contributed by atoms with Crippen LogP contribution in [0.25, 0.3) is 0 Å². The fourth-order valence-electron chi connectivity index (χ4n) is 0.888. The molecule has 0 aromatic heterocycles. The Morgan fingerprint density at radius 1 is 1.15 bits per heavy atom. The van der Waals surface area contributed by atoms with E-state index in [1.165, 1.54) is 5.75 Å². The summed E-state index contributed by atoms with van der Waals surface area (Å²) in [5.41, 5.74) is 0. The van der Waals surface area contributed by atoms with E-state index in [1.54, 1.807) is 0 Å². The molecule has 0 heterocycles. The van der Waals surface area contributed by atoms with Crippen molar-refractivity contribution in [3.8, 4) is 0 Å². The molecule has 13 heavy (non-hydrogen) atoms. The highest BCUT2D eigenvalue weighted by atomic mass is 32.2. The molecular weight excluding hydrogens is 178 g/mol. The fraction of sp³-hybridized carbons (Fsp3) is 1.00. The van der Waals surface area contributed by atoms with Crippen LogP contribution < -0.4 is 5.32 Å². The van der Waals surface area contributed by atoms with Gasteiger partial charge in [0.15, 0.2) is 0 Å². The summed E-state index contributed by atoms with van der Waals surface area (Å²) in [7, 11) is 0. The Hall–Kier alpha value is 0.310. The van der Waals surface area contributed by atoms with Gasteiger partial charge >= 0.3 is 0 Å². The summed E-state index contributed by atoms with van der Waals surface area (Å²) in [6.07, 6.45) is 0. The van der Waals surface area contributed by atoms with E-state index in [4.69, 9.17) is 0 Å². The number of thioether (sulfide) groups is 1. The molecule has 80 valence electrons. The highest BCUT2D eigenvalue weighted by molar-refractivity contribution is 8.00. The topological polar surface area (TPSA) is 12.0 Å². The van der Waals surface area contributed by atoms with Gasteiger partial charge < -0.3 is 5.32 Å². The van der Waals surface area contributed by atoms with Crippen molar-refractivity contribution in [2.24, 2.45) is 5.92 Å². The molecule has 1 atom stereocenters. The second-order valence-corrected chi connectivity index (χ2v) is 6.94. The second-order valence-electron chi connectivity index (χ2n) is 5.09. The Morgan fingerprint density at radius 3 is 2.08 bits per heavy atom. The first-order valence-corrected chi connectivity index (χ1v) is 6.17. The molecule has 1 nitrogen and oxygen atoms in total. The number of nitrogens with one attached hydrogen (secondary N) is 1. The summed E-state index contributed by atoms with van der Waals surface area (Å²) in [4.78, 5) is 0. The van der Waals surface area contributed by atoms with Crippen LogP contribution in [0.4, 0.5) is 0 Å². The van der Waals surface area contributed by atoms with Crippen LogP contribution in [0.5, 0.6) is 0 Å². The van der Waals surface area contributed by atoms with Gasteiger partial charge in [-0.15, -0.1) is 0 Å². The van der Waals surface area contributed by atoms with Crippen LogP contribution in [0.1, 0.15) is 41.5 Å². The predicted molar refractivity (Wildman–Crippen MR) is 64.5 cm³/mol. The molecule has 0 rings (SSSR count). The van der Waals surface area contributed by atoms with Gasteiger partial charge in [-0.05, 0) is 18.2 Å². The molecule has 0 aliphatic carbocycles. The normalized spacial score (nSPS) is 15.0. The molecule has 0 saturated carbocycles. The minimum Gasteiger partial charge on any atom is -0.314 e. The predicted octanol–water partition coefficient (Wildman–Crippen LogP) is 3.15. The van der Waals surface area contributed by atoms with E-state index < -0.39 is 0 Å². The summed E-state index contributed by atoms with van der Waals surface area (Å²) in [6.45, 7) is 14.7. The molecule has 0 aromatic carbocycles. The Morgan fingerprint density at radius 2 is 1.69 bits per heavy atom. The van der Waals surface area contributed by atoms with Crippen molar-refractivity contribution in [2.75, 3.05) is 12.3 Å². The molecule has 2 heteroatoms. The SMILES string of the molecule is CC(CNC(C)C)CSC(C)(C)C. The molecule has 0 fully saturated rings. The fourth-order valence-corrected chi connectivity index (χ4v) is 1.79. The lowest BCUT2D eigenvalue weighted by Gasteiger charge is -2.21. The average molecular weight is 203 g/mol. The van der Waals surface area contributed by atoms with E-state index >= 15 is 0 Å². The van der Waals surface area contributed by atoms with Crippen LogP contribution in [0.2, 0.25) is 0 Å². The van der Waals surface area contributed by atoms with Crippen molar-refractivity contribution in [1.82, 2.24) is 5.32 Å². The Balaban J connectivity index is 3.46. The first kappa shape index (κ1) is 13.3. The zero-order valence-corrected chi connectivity index (χ0v) is 10.8. The van der Waals surface area contributed by atoms with Crippen molar-refractivity contribution in [3.63, 3.8) is 0 Å². The van der Waals surface area contributed by atoms with Gasteiger partial charge in [0.1, 0.15) is 0 Å². The van der Waals surface area contributed by atoms with Crippen LogP contribution in [-0.2, 0) is 0 Å². The smallest absolute Gasteiger partial charge is 0.00752 e. The van der Waals surface area contributed by atoms with Gasteiger partial charge in [-0.3, -0.25) is 0 Å². The lowest BCUT2D eigenvalue weighted by Crippen LogP contribution is -2.29. The maximum absolute atomic E-state index is 3.47. The molecular formula is C11H25NS. The maximum atomic E-state index is 3.47. The monoisotopic (exact) mass is 203 g/mol. The highest BCUT2D eigenvalue weighted by Gasteiger charge is 2.12. The van der Waals surface area contributed by atoms with Crippen LogP contribution in [0.3, 0.4) is 0 Å². The molecule has 0 radical (unpaired) electrons. The lowest BCUT2D eigenvalue weighted by atomic mass is 10.2. The molecule has 0 bridgehead atoms. The maximum Gasteiger partial charge on any atom is 0.00752 e. The molecule has 0 amide bonds. The summed E-state index contributed by atoms with van der Waals surface area (Å²) in [5.74, 6) is 2.02. The first-order valence-electron chi connectivity index (χ1n) is 5.18. The zero-order chi connectivity index (χ0) is 10.5. The van der Waals surface area contributed by atoms with Crippen LogP contribution in [-0.4, -0.2) is 23.1 Å². The summed E-state index contributed by atoms with van der Waals surface area (Å²) in [5, 5.41) is 3.47. The Labute approximate surface area is 88.1 Å². The molecule has 0 saturated heterocycles. The van der Waals surface area contributed by atoms with Crippen molar-refractivity contribution >= 4 is 11.8 Å². The standard InChI is InChI=1S/C11H25NS/c1-9(2)12-7-10(3)8-13-11(4,5)6/h9-10,12H,7-8H2,1-6H3. The van der Waals surface area contributed by atoms with Crippen molar-refractivity contribution in [3.05, 3.63) is 0 Å². The number of hydrogen-bond acceptors (Lipinski definition) is 2. The lowest BCUT2D eigenvalue weighted by molar-refractivity contribution is 0.509. The Kier molecular flexibility index (Phi) is 6.06. The van der Waals surface area contributed by atoms with E-state index in [0.717, 1.165) is 12.5 Å². The van der Waals surface area contributed by atoms with Gasteiger partial charge in [0.05, 0.1) is 0 Å². The highest BCUT2D eigenvalue weighted by Crippen LogP contribution is 2.24. The molecule has 0 spiro atoms. The minimum absolute atomic E-state index is 0.409. The third-order valence-electron chi connectivity index (χ3n) is 1.68. The first-order chi connectivity index (χ1) is 5.81. The quantitative estimate of drug-likeness (QED) is 0.736. The van der Waals surface area contributed by atoms with Gasteiger partial charge in [-0.2, -0.15) is 11.8 Å². The van der Waals surface area contributed by atoms with Crippen molar-refractivity contribution in [1.29, 1.82) is 0 Å². The van der Waals surface area contributed by atoms with Crippen molar-refractivity contribution < 1.29 is 0 Å². The molecule has 0 aliphatic heterocycles. The summed E-state index contributed by atoms with van der Waals surface area (Å²) in [6, 6.07) is 0.613. The van der Waals surface area contributed by atoms with E-state index in [1.807, 2.05) is 0 Å². The Bertz CT molecular complexity index is 127. The summed E-state index contributed by atoms with van der Waals surface area (Å²) >= 11 is 2.05. The van der Waals surface area contributed by atoms with E-state index in [0.29, 0.717) is 10.8 Å². The molecule has 1 unspecified atom stereocenters. The minimum atomic E-state index is 0.409.